The number of carbonyl (C=O) groups excluding carboxylic acids is 1. The van der Waals surface area contributed by atoms with E-state index in [-0.39, 0.29) is 5.78 Å². The van der Waals surface area contributed by atoms with Gasteiger partial charge >= 0.3 is 132 Å². The number of anilines is 1. The number of ether oxygens (including phenoxy) is 1. The molecule has 0 saturated carbocycles. The van der Waals surface area contributed by atoms with E-state index in [9.17, 15) is 4.79 Å². The van der Waals surface area contributed by atoms with Crippen LogP contribution in [0.4, 0.5) is 5.69 Å². The van der Waals surface area contributed by atoms with E-state index in [1.165, 1.54) is 0 Å². The van der Waals surface area contributed by atoms with Gasteiger partial charge in [-0.15, -0.1) is 0 Å². The van der Waals surface area contributed by atoms with Crippen LogP contribution in [0, 0.1) is 0 Å². The molecule has 21 heavy (non-hydrogen) atoms. The first-order valence-electron chi connectivity index (χ1n) is 6.63. The molecule has 2 aromatic rings. The maximum absolute atomic E-state index is 11.4. The number of Topliss-reactive ketones (excluding diaryl/α,β-unsaturated/α-hetero) is 1. The third kappa shape index (κ3) is 4.28. The Hall–Kier alpha value is -1.90. The Labute approximate surface area is 132 Å². The zero-order valence-electron chi connectivity index (χ0n) is 12.1. The molecule has 0 bridgehead atoms. The van der Waals surface area contributed by atoms with Crippen molar-refractivity contribution in [2.75, 3.05) is 12.4 Å². The second-order valence-electron chi connectivity index (χ2n) is 4.72. The van der Waals surface area contributed by atoms with Crippen LogP contribution in [-0.2, 0) is 11.2 Å². The van der Waals surface area contributed by atoms with Gasteiger partial charge in [0.05, 0.1) is 0 Å². The minimum absolute atomic E-state index is 0.152. The fourth-order valence-electron chi connectivity index (χ4n) is 2.04. The normalized spacial score (nSPS) is 10.0. The summed E-state index contributed by atoms with van der Waals surface area (Å²) in [7, 11) is 1.64. The van der Waals surface area contributed by atoms with Crippen molar-refractivity contribution < 1.29 is 9.53 Å². The molecule has 0 aromatic heterocycles. The molecule has 1 N–H and O–H groups in total. The van der Waals surface area contributed by atoms with E-state index in [1.54, 1.807) is 14.0 Å². The average molecular weight is 346 g/mol. The van der Waals surface area contributed by atoms with Gasteiger partial charge in [0, 0.05) is 0 Å². The fourth-order valence-corrected chi connectivity index (χ4v) is 2.70. The van der Waals surface area contributed by atoms with E-state index in [2.05, 4.69) is 20.9 Å². The van der Waals surface area contributed by atoms with Gasteiger partial charge in [-0.2, -0.15) is 0 Å². The Morgan fingerprint density at radius 3 is 2.43 bits per heavy atom. The molecule has 4 heteroatoms. The molecule has 0 fully saturated rings. The first kappa shape index (κ1) is 15.5. The quantitative estimate of drug-likeness (QED) is 0.817. The number of nitrogens with one attached hydrogen (secondary N) is 1. The van der Waals surface area contributed by atoms with Crippen LogP contribution in [0.3, 0.4) is 0 Å². The predicted molar refractivity (Wildman–Crippen MR) is 87.3 cm³/mol. The number of ketones is 1. The first-order valence-corrected chi connectivity index (χ1v) is 7.48. The molecule has 0 aliphatic rings. The molecule has 0 radical (unpaired) electrons. The molecule has 2 rings (SSSR count). The average Bonchev–Trinajstić information content (AvgIpc) is 2.48. The topological polar surface area (TPSA) is 38.3 Å². The molecule has 0 unspecified atom stereocenters. The second-order valence-corrected chi connectivity index (χ2v) is 5.58. The van der Waals surface area contributed by atoms with E-state index in [4.69, 9.17) is 4.74 Å². The number of rotatable bonds is 6. The monoisotopic (exact) mass is 347 g/mol. The molecule has 0 aliphatic heterocycles. The summed E-state index contributed by atoms with van der Waals surface area (Å²) in [5, 5.41) is 3.32. The van der Waals surface area contributed by atoms with E-state index in [1.807, 2.05) is 48.5 Å². The van der Waals surface area contributed by atoms with Crippen LogP contribution in [-0.4, -0.2) is 33.0 Å². The summed E-state index contributed by atoms with van der Waals surface area (Å²) < 4.78 is 6.04. The molecule has 0 heterocycles. The van der Waals surface area contributed by atoms with Gasteiger partial charge in [-0.05, 0) is 0 Å². The number of benzene rings is 2. The number of carbonyl (C=O) groups is 1. The van der Waals surface area contributed by atoms with Gasteiger partial charge in [0.1, 0.15) is 0 Å². The van der Waals surface area contributed by atoms with E-state index < -0.39 is 0 Å². The van der Waals surface area contributed by atoms with Gasteiger partial charge in [-0.25, -0.2) is 0 Å². The molecular weight excluding hydrogens is 329 g/mol. The van der Waals surface area contributed by atoms with Crippen LogP contribution in [0.1, 0.15) is 18.1 Å². The molecule has 3 nitrogen and oxygen atoms in total. The summed E-state index contributed by atoms with van der Waals surface area (Å²) in [6.45, 7) is 1.60. The van der Waals surface area contributed by atoms with Crippen molar-refractivity contribution in [3.05, 3.63) is 59.7 Å². The van der Waals surface area contributed by atoms with Crippen molar-refractivity contribution in [2.45, 2.75) is 13.3 Å². The Balaban J connectivity index is 2.17. The predicted octanol–water partition coefficient (Wildman–Crippen LogP) is 2.59. The summed E-state index contributed by atoms with van der Waals surface area (Å²) in [5.41, 5.74) is 2.99. The van der Waals surface area contributed by atoms with Gasteiger partial charge < -0.3 is 0 Å². The number of methoxy groups -OCH3 is 1. The number of hydrogen-bond donors (Lipinski definition) is 1. The fraction of sp³-hybridized carbons (Fsp3) is 0.176. The molecule has 108 valence electrons. The SMILES string of the molecule is COc1ccc(NC(=[Se])c2ccccc2CC(C)=O)cc1. The minimum atomic E-state index is 0.152. The van der Waals surface area contributed by atoms with Gasteiger partial charge in [-0.3, -0.25) is 0 Å². The molecule has 0 atom stereocenters. The van der Waals surface area contributed by atoms with E-state index in [0.717, 1.165) is 27.1 Å². The maximum atomic E-state index is 11.4. The summed E-state index contributed by atoms with van der Waals surface area (Å²) in [6.07, 6.45) is 0.436. The van der Waals surface area contributed by atoms with Crippen LogP contribution in [0.2, 0.25) is 0 Å². The summed E-state index contributed by atoms with van der Waals surface area (Å²) >= 11 is 3.05. The molecule has 0 aliphatic carbocycles. The zero-order valence-corrected chi connectivity index (χ0v) is 13.8. The van der Waals surface area contributed by atoms with Crippen LogP contribution in [0.15, 0.2) is 48.5 Å². The van der Waals surface area contributed by atoms with Crippen molar-refractivity contribution in [1.82, 2.24) is 0 Å². The third-order valence-corrected chi connectivity index (χ3v) is 3.72. The van der Waals surface area contributed by atoms with Crippen LogP contribution < -0.4 is 10.1 Å². The molecule has 0 amide bonds. The Morgan fingerprint density at radius 2 is 1.81 bits per heavy atom. The summed E-state index contributed by atoms with van der Waals surface area (Å²) in [6, 6.07) is 15.6. The van der Waals surface area contributed by atoms with Crippen molar-refractivity contribution in [3.8, 4) is 5.75 Å². The van der Waals surface area contributed by atoms with E-state index in [0.29, 0.717) is 6.42 Å². The Bertz CT molecular complexity index is 650. The van der Waals surface area contributed by atoms with Crippen LogP contribution >= 0.6 is 0 Å². The van der Waals surface area contributed by atoms with Crippen molar-refractivity contribution in [1.29, 1.82) is 0 Å². The Morgan fingerprint density at radius 1 is 1.14 bits per heavy atom. The zero-order chi connectivity index (χ0) is 15.2. The number of hydrogen-bond acceptors (Lipinski definition) is 3. The van der Waals surface area contributed by atoms with Gasteiger partial charge in [-0.1, -0.05) is 0 Å². The summed E-state index contributed by atoms with van der Waals surface area (Å²) in [5.74, 6) is 0.971. The van der Waals surface area contributed by atoms with Crippen LogP contribution in [0.5, 0.6) is 5.75 Å². The molecule has 0 saturated heterocycles. The third-order valence-electron chi connectivity index (χ3n) is 3.05. The molecular formula is C17H17NO2Se. The van der Waals surface area contributed by atoms with Crippen molar-refractivity contribution in [2.24, 2.45) is 0 Å². The van der Waals surface area contributed by atoms with Gasteiger partial charge in [0.2, 0.25) is 0 Å². The Kier molecular flexibility index (Phi) is 5.31. The second kappa shape index (κ2) is 7.21. The van der Waals surface area contributed by atoms with Crippen molar-refractivity contribution in [3.63, 3.8) is 0 Å². The summed E-state index contributed by atoms with van der Waals surface area (Å²) in [4.78, 5) is 11.4. The van der Waals surface area contributed by atoms with Crippen LogP contribution in [0.25, 0.3) is 0 Å². The molecule has 0 spiro atoms. The van der Waals surface area contributed by atoms with E-state index >= 15 is 0 Å². The van der Waals surface area contributed by atoms with Crippen molar-refractivity contribution >= 4 is 31.6 Å². The van der Waals surface area contributed by atoms with Gasteiger partial charge in [0.15, 0.2) is 0 Å². The molecule has 2 aromatic carbocycles. The standard InChI is InChI=1S/C17H17NO2Se/c1-12(19)11-13-5-3-4-6-16(13)17(21)18-14-7-9-15(20-2)10-8-14/h3-10H,11H2,1-2H3,(H,18,21). The first-order chi connectivity index (χ1) is 10.1. The van der Waals surface area contributed by atoms with Gasteiger partial charge in [0.25, 0.3) is 0 Å².